The number of likely N-dealkylation sites (tertiary alicyclic amines) is 2. The molecule has 2 saturated heterocycles. The van der Waals surface area contributed by atoms with Crippen LogP contribution in [-0.2, 0) is 0 Å². The quantitative estimate of drug-likeness (QED) is 0.655. The summed E-state index contributed by atoms with van der Waals surface area (Å²) in [6, 6.07) is 0. The Balaban J connectivity index is 1.42. The van der Waals surface area contributed by atoms with Gasteiger partial charge in [0.05, 0.1) is 0 Å². The van der Waals surface area contributed by atoms with Crippen molar-refractivity contribution in [3.05, 3.63) is 6.42 Å². The van der Waals surface area contributed by atoms with Crippen molar-refractivity contribution >= 4 is 0 Å². The van der Waals surface area contributed by atoms with Crippen molar-refractivity contribution in [1.82, 2.24) is 9.80 Å². The van der Waals surface area contributed by atoms with Crippen molar-refractivity contribution in [2.75, 3.05) is 39.3 Å². The minimum Gasteiger partial charge on any atom is -0.303 e. The van der Waals surface area contributed by atoms with Crippen LogP contribution in [0.1, 0.15) is 51.4 Å². The van der Waals surface area contributed by atoms with Crippen LogP contribution < -0.4 is 0 Å². The van der Waals surface area contributed by atoms with E-state index in [4.69, 9.17) is 0 Å². The van der Waals surface area contributed by atoms with E-state index in [1.165, 1.54) is 90.6 Å². The largest absolute Gasteiger partial charge is 0.303 e. The molecular weight excluding hydrogens is 208 g/mol. The van der Waals surface area contributed by atoms with E-state index in [1.54, 1.807) is 0 Å². The molecule has 2 nitrogen and oxygen atoms in total. The van der Waals surface area contributed by atoms with Crippen LogP contribution in [0, 0.1) is 6.42 Å². The Morgan fingerprint density at radius 1 is 0.588 bits per heavy atom. The number of rotatable bonds is 6. The fourth-order valence-corrected chi connectivity index (χ4v) is 3.06. The molecule has 2 heteroatoms. The first-order valence-corrected chi connectivity index (χ1v) is 7.71. The van der Waals surface area contributed by atoms with Crippen molar-refractivity contribution in [2.24, 2.45) is 0 Å². The average Bonchev–Trinajstić information content (AvgIpc) is 2.41. The Morgan fingerprint density at radius 3 is 1.41 bits per heavy atom. The highest BCUT2D eigenvalue weighted by Gasteiger charge is 2.10. The van der Waals surface area contributed by atoms with Gasteiger partial charge in [0, 0.05) is 0 Å². The molecule has 2 aliphatic rings. The molecule has 0 aliphatic carbocycles. The smallest absolute Gasteiger partial charge is 0.00160 e. The van der Waals surface area contributed by atoms with Crippen molar-refractivity contribution < 1.29 is 0 Å². The lowest BCUT2D eigenvalue weighted by molar-refractivity contribution is 0.221. The molecule has 99 valence electrons. The minimum atomic E-state index is 1.30. The molecule has 0 aromatic carbocycles. The number of hydrogen-bond donors (Lipinski definition) is 0. The van der Waals surface area contributed by atoms with Crippen molar-refractivity contribution in [1.29, 1.82) is 0 Å². The molecule has 2 heterocycles. The summed E-state index contributed by atoms with van der Waals surface area (Å²) >= 11 is 0. The molecule has 2 aliphatic heterocycles. The second kappa shape index (κ2) is 8.10. The van der Waals surface area contributed by atoms with Crippen LogP contribution in [-0.4, -0.2) is 49.1 Å². The fourth-order valence-electron chi connectivity index (χ4n) is 3.06. The Hall–Kier alpha value is -0.0800. The first-order chi connectivity index (χ1) is 8.45. The molecule has 0 amide bonds. The second-order valence-corrected chi connectivity index (χ2v) is 5.67. The fraction of sp³-hybridized carbons (Fsp3) is 0.933. The maximum Gasteiger partial charge on any atom is -0.00160 e. The van der Waals surface area contributed by atoms with Crippen LogP contribution in [0.2, 0.25) is 0 Å². The molecule has 2 fully saturated rings. The van der Waals surface area contributed by atoms with Gasteiger partial charge in [0.25, 0.3) is 0 Å². The van der Waals surface area contributed by atoms with Crippen molar-refractivity contribution in [3.8, 4) is 0 Å². The Labute approximate surface area is 107 Å². The molecule has 0 bridgehead atoms. The first kappa shape index (κ1) is 13.4. The third kappa shape index (κ3) is 5.39. The summed E-state index contributed by atoms with van der Waals surface area (Å²) in [4.78, 5) is 5.28. The van der Waals surface area contributed by atoms with Crippen LogP contribution >= 0.6 is 0 Å². The maximum absolute atomic E-state index is 2.64. The van der Waals surface area contributed by atoms with Gasteiger partial charge < -0.3 is 9.80 Å². The van der Waals surface area contributed by atoms with E-state index < -0.39 is 0 Å². The predicted molar refractivity (Wildman–Crippen MR) is 74.1 cm³/mol. The molecule has 2 rings (SSSR count). The molecule has 0 unspecified atom stereocenters. The van der Waals surface area contributed by atoms with Gasteiger partial charge in [-0.3, -0.25) is 0 Å². The van der Waals surface area contributed by atoms with E-state index >= 15 is 0 Å². The minimum absolute atomic E-state index is 1.30. The van der Waals surface area contributed by atoms with Gasteiger partial charge in [-0.15, -0.1) is 0 Å². The third-order valence-corrected chi connectivity index (χ3v) is 4.20. The van der Waals surface area contributed by atoms with E-state index in [-0.39, 0.29) is 0 Å². The molecule has 0 aromatic heterocycles. The Bertz CT molecular complexity index is 161. The van der Waals surface area contributed by atoms with Crippen LogP contribution in [0.3, 0.4) is 0 Å². The van der Waals surface area contributed by atoms with Gasteiger partial charge in [-0.2, -0.15) is 0 Å². The lowest BCUT2D eigenvalue weighted by atomic mass is 10.1. The van der Waals surface area contributed by atoms with Gasteiger partial charge in [0.1, 0.15) is 0 Å². The zero-order valence-corrected chi connectivity index (χ0v) is 11.4. The maximum atomic E-state index is 2.64. The summed E-state index contributed by atoms with van der Waals surface area (Å²) in [6.45, 7) is 8.00. The lowest BCUT2D eigenvalue weighted by Crippen LogP contribution is -2.31. The summed E-state index contributed by atoms with van der Waals surface area (Å²) < 4.78 is 0. The standard InChI is InChI=1S/C15H29N2/c1-4-10-16(11-5-1)14-8-3-9-15-17-12-6-2-7-13-17/h3H,1-2,4-15H2. The topological polar surface area (TPSA) is 6.48 Å². The molecule has 0 saturated carbocycles. The molecule has 0 spiro atoms. The van der Waals surface area contributed by atoms with E-state index in [0.717, 1.165) is 0 Å². The van der Waals surface area contributed by atoms with Gasteiger partial charge in [-0.05, 0) is 84.2 Å². The van der Waals surface area contributed by atoms with Crippen LogP contribution in [0.5, 0.6) is 0 Å². The van der Waals surface area contributed by atoms with Crippen molar-refractivity contribution in [3.63, 3.8) is 0 Å². The lowest BCUT2D eigenvalue weighted by Gasteiger charge is -2.27. The first-order valence-electron chi connectivity index (χ1n) is 7.71. The van der Waals surface area contributed by atoms with Crippen LogP contribution in [0.4, 0.5) is 0 Å². The zero-order chi connectivity index (χ0) is 11.8. The summed E-state index contributed by atoms with van der Waals surface area (Å²) in [5.41, 5.74) is 0. The summed E-state index contributed by atoms with van der Waals surface area (Å²) in [7, 11) is 0. The molecule has 1 radical (unpaired) electrons. The normalized spacial score (nSPS) is 24.0. The number of nitrogens with zero attached hydrogens (tertiary/aromatic N) is 2. The molecular formula is C15H29N2. The van der Waals surface area contributed by atoms with E-state index in [2.05, 4.69) is 16.2 Å². The Morgan fingerprint density at radius 2 is 1.00 bits per heavy atom. The SMILES string of the molecule is [CH](CCN1CCCCC1)CCN1CCCCC1. The average molecular weight is 237 g/mol. The van der Waals surface area contributed by atoms with Crippen LogP contribution in [0.25, 0.3) is 0 Å². The summed E-state index contributed by atoms with van der Waals surface area (Å²) in [5, 5.41) is 0. The van der Waals surface area contributed by atoms with Gasteiger partial charge in [-0.1, -0.05) is 12.8 Å². The van der Waals surface area contributed by atoms with E-state index in [9.17, 15) is 0 Å². The van der Waals surface area contributed by atoms with Crippen LogP contribution in [0.15, 0.2) is 0 Å². The molecule has 0 aromatic rings. The van der Waals surface area contributed by atoms with Gasteiger partial charge in [0.15, 0.2) is 0 Å². The third-order valence-electron chi connectivity index (χ3n) is 4.20. The molecule has 17 heavy (non-hydrogen) atoms. The summed E-state index contributed by atoms with van der Waals surface area (Å²) in [5.74, 6) is 0. The zero-order valence-electron chi connectivity index (χ0n) is 11.4. The predicted octanol–water partition coefficient (Wildman–Crippen LogP) is 2.94. The highest BCUT2D eigenvalue weighted by Crippen LogP contribution is 2.11. The Kier molecular flexibility index (Phi) is 6.36. The highest BCUT2D eigenvalue weighted by molar-refractivity contribution is 4.73. The molecule has 0 atom stereocenters. The van der Waals surface area contributed by atoms with E-state index in [0.29, 0.717) is 0 Å². The van der Waals surface area contributed by atoms with Gasteiger partial charge >= 0.3 is 0 Å². The number of hydrogen-bond acceptors (Lipinski definition) is 2. The second-order valence-electron chi connectivity index (χ2n) is 5.67. The monoisotopic (exact) mass is 237 g/mol. The van der Waals surface area contributed by atoms with Gasteiger partial charge in [0.2, 0.25) is 0 Å². The van der Waals surface area contributed by atoms with Crippen molar-refractivity contribution in [2.45, 2.75) is 51.4 Å². The number of unbranched alkanes of at least 4 members (excludes halogenated alkanes) is 2. The number of piperidine rings is 2. The summed E-state index contributed by atoms with van der Waals surface area (Å²) in [6.07, 6.45) is 13.7. The highest BCUT2D eigenvalue weighted by atomic mass is 15.1. The van der Waals surface area contributed by atoms with E-state index in [1.807, 2.05) is 0 Å². The van der Waals surface area contributed by atoms with Gasteiger partial charge in [-0.25, -0.2) is 0 Å². The molecule has 0 N–H and O–H groups in total.